The lowest BCUT2D eigenvalue weighted by atomic mass is 10.0. The minimum absolute atomic E-state index is 0.0734. The van der Waals surface area contributed by atoms with Gasteiger partial charge in [0.15, 0.2) is 0 Å². The second kappa shape index (κ2) is 4.75. The largest absolute Gasteiger partial charge is 0.314 e. The van der Waals surface area contributed by atoms with Crippen molar-refractivity contribution >= 4 is 0 Å². The zero-order valence-corrected chi connectivity index (χ0v) is 9.17. The van der Waals surface area contributed by atoms with Crippen LogP contribution in [-0.4, -0.2) is 12.6 Å². The average molecular weight is 207 g/mol. The van der Waals surface area contributed by atoms with Crippen LogP contribution in [0.25, 0.3) is 0 Å². The standard InChI is InChI=1S/C13H18FN/c1-10(9-15-12-6-7-12)8-11-4-2-3-5-13(11)14/h2-5,10,12,15H,6-9H2,1H3. The number of nitrogens with one attached hydrogen (secondary N) is 1. The van der Waals surface area contributed by atoms with Crippen molar-refractivity contribution in [3.8, 4) is 0 Å². The van der Waals surface area contributed by atoms with Crippen LogP contribution in [0, 0.1) is 11.7 Å². The first-order valence-electron chi connectivity index (χ1n) is 5.72. The molecule has 0 heterocycles. The Kier molecular flexibility index (Phi) is 3.37. The molecule has 82 valence electrons. The van der Waals surface area contributed by atoms with Gasteiger partial charge in [0.25, 0.3) is 0 Å². The van der Waals surface area contributed by atoms with Gasteiger partial charge < -0.3 is 5.32 Å². The number of hydrogen-bond acceptors (Lipinski definition) is 1. The molecule has 2 heteroatoms. The fourth-order valence-electron chi connectivity index (χ4n) is 1.77. The Labute approximate surface area is 90.7 Å². The molecule has 1 aromatic carbocycles. The molecule has 1 nitrogen and oxygen atoms in total. The van der Waals surface area contributed by atoms with Crippen LogP contribution in [0.2, 0.25) is 0 Å². The van der Waals surface area contributed by atoms with Gasteiger partial charge in [0, 0.05) is 6.04 Å². The van der Waals surface area contributed by atoms with Crippen LogP contribution in [0.1, 0.15) is 25.3 Å². The molecule has 1 saturated carbocycles. The van der Waals surface area contributed by atoms with E-state index in [1.54, 1.807) is 6.07 Å². The van der Waals surface area contributed by atoms with E-state index in [0.717, 1.165) is 24.6 Å². The molecule has 0 bridgehead atoms. The van der Waals surface area contributed by atoms with Crippen molar-refractivity contribution in [3.05, 3.63) is 35.6 Å². The van der Waals surface area contributed by atoms with Crippen LogP contribution in [-0.2, 0) is 6.42 Å². The predicted octanol–water partition coefficient (Wildman–Crippen LogP) is 2.76. The Hall–Kier alpha value is -0.890. The van der Waals surface area contributed by atoms with E-state index < -0.39 is 0 Å². The number of hydrogen-bond donors (Lipinski definition) is 1. The van der Waals surface area contributed by atoms with Crippen LogP contribution in [0.4, 0.5) is 4.39 Å². The van der Waals surface area contributed by atoms with Crippen molar-refractivity contribution in [3.63, 3.8) is 0 Å². The second-order valence-electron chi connectivity index (χ2n) is 4.58. The van der Waals surface area contributed by atoms with Gasteiger partial charge in [-0.15, -0.1) is 0 Å². The summed E-state index contributed by atoms with van der Waals surface area (Å²) in [4.78, 5) is 0. The summed E-state index contributed by atoms with van der Waals surface area (Å²) < 4.78 is 13.3. The highest BCUT2D eigenvalue weighted by molar-refractivity contribution is 5.17. The second-order valence-corrected chi connectivity index (χ2v) is 4.58. The zero-order valence-electron chi connectivity index (χ0n) is 9.17. The summed E-state index contributed by atoms with van der Waals surface area (Å²) >= 11 is 0. The third kappa shape index (κ3) is 3.31. The SMILES string of the molecule is CC(CNC1CC1)Cc1ccccc1F. The Morgan fingerprint density at radius 2 is 2.13 bits per heavy atom. The summed E-state index contributed by atoms with van der Waals surface area (Å²) in [5.74, 6) is 0.429. The Bertz CT molecular complexity index is 320. The molecule has 1 unspecified atom stereocenters. The molecule has 0 amide bonds. The molecular weight excluding hydrogens is 189 g/mol. The first-order valence-corrected chi connectivity index (χ1v) is 5.72. The van der Waals surface area contributed by atoms with Gasteiger partial charge >= 0.3 is 0 Å². The highest BCUT2D eigenvalue weighted by Gasteiger charge is 2.20. The molecule has 2 rings (SSSR count). The van der Waals surface area contributed by atoms with Crippen LogP contribution < -0.4 is 5.32 Å². The Morgan fingerprint density at radius 1 is 1.40 bits per heavy atom. The van der Waals surface area contributed by atoms with Gasteiger partial charge in [0.1, 0.15) is 5.82 Å². The first kappa shape index (κ1) is 10.6. The number of halogens is 1. The summed E-state index contributed by atoms with van der Waals surface area (Å²) in [5, 5.41) is 3.47. The molecule has 0 spiro atoms. The maximum absolute atomic E-state index is 13.3. The van der Waals surface area contributed by atoms with Gasteiger partial charge in [-0.05, 0) is 43.4 Å². The maximum atomic E-state index is 13.3. The summed E-state index contributed by atoms with van der Waals surface area (Å²) in [7, 11) is 0. The molecule has 1 fully saturated rings. The van der Waals surface area contributed by atoms with Gasteiger partial charge in [-0.3, -0.25) is 0 Å². The van der Waals surface area contributed by atoms with Crippen LogP contribution in [0.5, 0.6) is 0 Å². The lowest BCUT2D eigenvalue weighted by molar-refractivity contribution is 0.495. The zero-order chi connectivity index (χ0) is 10.7. The summed E-state index contributed by atoms with van der Waals surface area (Å²) in [5.41, 5.74) is 0.836. The van der Waals surface area contributed by atoms with Gasteiger partial charge in [-0.25, -0.2) is 4.39 Å². The van der Waals surface area contributed by atoms with Gasteiger partial charge in [-0.2, -0.15) is 0 Å². The molecule has 1 aromatic rings. The minimum Gasteiger partial charge on any atom is -0.314 e. The monoisotopic (exact) mass is 207 g/mol. The number of rotatable bonds is 5. The molecular formula is C13H18FN. The normalized spacial score (nSPS) is 17.7. The fraction of sp³-hybridized carbons (Fsp3) is 0.538. The van der Waals surface area contributed by atoms with Crippen LogP contribution in [0.15, 0.2) is 24.3 Å². The summed E-state index contributed by atoms with van der Waals surface area (Å²) in [6.45, 7) is 3.17. The Balaban J connectivity index is 1.81. The van der Waals surface area contributed by atoms with Crippen molar-refractivity contribution in [1.29, 1.82) is 0 Å². The highest BCUT2D eigenvalue weighted by atomic mass is 19.1. The van der Waals surface area contributed by atoms with Crippen molar-refractivity contribution in [1.82, 2.24) is 5.32 Å². The molecule has 1 atom stereocenters. The lowest BCUT2D eigenvalue weighted by Gasteiger charge is -2.12. The van der Waals surface area contributed by atoms with Gasteiger partial charge in [0.2, 0.25) is 0 Å². The van der Waals surface area contributed by atoms with E-state index in [2.05, 4.69) is 12.2 Å². The van der Waals surface area contributed by atoms with E-state index in [1.165, 1.54) is 18.9 Å². The van der Waals surface area contributed by atoms with Crippen molar-refractivity contribution < 1.29 is 4.39 Å². The topological polar surface area (TPSA) is 12.0 Å². The molecule has 1 N–H and O–H groups in total. The van der Waals surface area contributed by atoms with E-state index in [-0.39, 0.29) is 5.82 Å². The molecule has 1 aliphatic rings. The van der Waals surface area contributed by atoms with Gasteiger partial charge in [-0.1, -0.05) is 25.1 Å². The van der Waals surface area contributed by atoms with Crippen molar-refractivity contribution in [2.45, 2.75) is 32.2 Å². The van der Waals surface area contributed by atoms with Crippen LogP contribution in [0.3, 0.4) is 0 Å². The third-order valence-corrected chi connectivity index (χ3v) is 2.86. The van der Waals surface area contributed by atoms with Crippen molar-refractivity contribution in [2.24, 2.45) is 5.92 Å². The molecule has 0 aliphatic heterocycles. The quantitative estimate of drug-likeness (QED) is 0.783. The predicted molar refractivity (Wildman–Crippen MR) is 60.3 cm³/mol. The molecule has 0 radical (unpaired) electrons. The number of benzene rings is 1. The molecule has 15 heavy (non-hydrogen) atoms. The molecule has 1 aliphatic carbocycles. The van der Waals surface area contributed by atoms with E-state index >= 15 is 0 Å². The van der Waals surface area contributed by atoms with Gasteiger partial charge in [0.05, 0.1) is 0 Å². The minimum atomic E-state index is -0.0734. The summed E-state index contributed by atoms with van der Waals surface area (Å²) in [6, 6.07) is 7.80. The van der Waals surface area contributed by atoms with Crippen molar-refractivity contribution in [2.75, 3.05) is 6.54 Å². The third-order valence-electron chi connectivity index (χ3n) is 2.86. The summed E-state index contributed by atoms with van der Waals surface area (Å²) in [6.07, 6.45) is 3.45. The molecule has 0 saturated heterocycles. The van der Waals surface area contributed by atoms with E-state index in [1.807, 2.05) is 12.1 Å². The van der Waals surface area contributed by atoms with E-state index in [4.69, 9.17) is 0 Å². The van der Waals surface area contributed by atoms with E-state index in [9.17, 15) is 4.39 Å². The molecule has 0 aromatic heterocycles. The van der Waals surface area contributed by atoms with E-state index in [0.29, 0.717) is 5.92 Å². The maximum Gasteiger partial charge on any atom is 0.126 e. The fourth-order valence-corrected chi connectivity index (χ4v) is 1.77. The Morgan fingerprint density at radius 3 is 2.80 bits per heavy atom. The average Bonchev–Trinajstić information content (AvgIpc) is 3.02. The van der Waals surface area contributed by atoms with Crippen LogP contribution >= 0.6 is 0 Å². The highest BCUT2D eigenvalue weighted by Crippen LogP contribution is 2.19. The smallest absolute Gasteiger partial charge is 0.126 e. The lowest BCUT2D eigenvalue weighted by Crippen LogP contribution is -2.24. The first-order chi connectivity index (χ1) is 7.25.